The second kappa shape index (κ2) is 11.0. The quantitative estimate of drug-likeness (QED) is 0.208. The van der Waals surface area contributed by atoms with Crippen LogP contribution in [0.1, 0.15) is 22.8 Å². The van der Waals surface area contributed by atoms with E-state index in [-0.39, 0.29) is 23.4 Å². The first kappa shape index (κ1) is 25.4. The number of rotatable bonds is 8. The van der Waals surface area contributed by atoms with Crippen molar-refractivity contribution in [3.8, 4) is 0 Å². The van der Waals surface area contributed by atoms with Gasteiger partial charge in [0.25, 0.3) is 5.91 Å². The molecule has 38 heavy (non-hydrogen) atoms. The third-order valence-corrected chi connectivity index (χ3v) is 8.06. The fourth-order valence-electron chi connectivity index (χ4n) is 4.64. The van der Waals surface area contributed by atoms with E-state index >= 15 is 0 Å². The first-order valence-corrected chi connectivity index (χ1v) is 13.4. The van der Waals surface area contributed by atoms with E-state index in [1.54, 1.807) is 24.3 Å². The second-order valence-corrected chi connectivity index (χ2v) is 10.5. The van der Waals surface area contributed by atoms with Crippen LogP contribution in [0.15, 0.2) is 102 Å². The van der Waals surface area contributed by atoms with Gasteiger partial charge < -0.3 is 14.6 Å². The Morgan fingerprint density at radius 3 is 2.08 bits per heavy atom. The number of carbonyl (C=O) groups excluding carboxylic acids is 4. The highest BCUT2D eigenvalue weighted by atomic mass is 32.2. The van der Waals surface area contributed by atoms with Gasteiger partial charge in [-0.1, -0.05) is 91.0 Å². The Morgan fingerprint density at radius 2 is 1.53 bits per heavy atom. The highest BCUT2D eigenvalue weighted by molar-refractivity contribution is 7.92. The van der Waals surface area contributed by atoms with Crippen molar-refractivity contribution < 1.29 is 28.5 Å². The monoisotopic (exact) mass is 528 g/mol. The maximum atomic E-state index is 13.5. The Labute approximate surface area is 222 Å². The molecule has 3 aromatic carbocycles. The highest BCUT2D eigenvalue weighted by Crippen LogP contribution is 2.38. The molecule has 2 heterocycles. The summed E-state index contributed by atoms with van der Waals surface area (Å²) in [5.74, 6) is -2.14. The number of esters is 1. The molecule has 3 atom stereocenters. The zero-order chi connectivity index (χ0) is 26.6. The summed E-state index contributed by atoms with van der Waals surface area (Å²) in [6.45, 7) is 0. The van der Waals surface area contributed by atoms with Crippen LogP contribution in [0.4, 0.5) is 0 Å². The van der Waals surface area contributed by atoms with Crippen molar-refractivity contribution in [3.63, 3.8) is 0 Å². The SMILES string of the molecule is O=CC1=C(C(=O)OC(c2ccccc2)c2ccccc2)N2C(=O)C(NC(=O)Cc3ccccc3)[C@H]2[S+]([O-])C1. The molecule has 0 spiro atoms. The molecule has 0 saturated carbocycles. The van der Waals surface area contributed by atoms with Gasteiger partial charge in [-0.3, -0.25) is 19.3 Å². The number of ether oxygens (including phenoxy) is 1. The van der Waals surface area contributed by atoms with Gasteiger partial charge in [0.2, 0.25) is 11.3 Å². The van der Waals surface area contributed by atoms with Crippen LogP contribution in [0.25, 0.3) is 0 Å². The molecule has 0 aromatic heterocycles. The topological polar surface area (TPSA) is 116 Å². The number of nitrogens with zero attached hydrogens (tertiary/aromatic N) is 1. The molecule has 1 N–H and O–H groups in total. The molecule has 0 aliphatic carbocycles. The van der Waals surface area contributed by atoms with Crippen LogP contribution in [-0.4, -0.2) is 50.7 Å². The van der Waals surface area contributed by atoms with E-state index in [0.717, 1.165) is 10.5 Å². The van der Waals surface area contributed by atoms with E-state index in [0.29, 0.717) is 17.4 Å². The Balaban J connectivity index is 1.38. The fraction of sp³-hybridized carbons (Fsp3) is 0.172. The van der Waals surface area contributed by atoms with Crippen molar-refractivity contribution in [2.45, 2.75) is 23.9 Å². The number of aldehydes is 1. The van der Waals surface area contributed by atoms with Crippen LogP contribution >= 0.6 is 0 Å². The molecular weight excluding hydrogens is 504 g/mol. The van der Waals surface area contributed by atoms with E-state index in [1.807, 2.05) is 66.7 Å². The number of hydrogen-bond acceptors (Lipinski definition) is 6. The molecule has 5 rings (SSSR count). The molecule has 2 aliphatic heterocycles. The third kappa shape index (κ3) is 4.98. The van der Waals surface area contributed by atoms with Gasteiger partial charge in [0.1, 0.15) is 11.4 Å². The zero-order valence-electron chi connectivity index (χ0n) is 20.2. The zero-order valence-corrected chi connectivity index (χ0v) is 21.0. The predicted molar refractivity (Wildman–Crippen MR) is 140 cm³/mol. The van der Waals surface area contributed by atoms with Gasteiger partial charge in [-0.05, 0) is 27.9 Å². The maximum Gasteiger partial charge on any atom is 0.356 e. The molecular formula is C29H24N2O6S. The summed E-state index contributed by atoms with van der Waals surface area (Å²) >= 11 is -1.70. The number of β-lactam (4-membered cyclic amide) rings is 1. The van der Waals surface area contributed by atoms with Crippen molar-refractivity contribution >= 4 is 35.2 Å². The van der Waals surface area contributed by atoms with E-state index < -0.39 is 46.5 Å². The van der Waals surface area contributed by atoms with Gasteiger partial charge in [-0.25, -0.2) is 4.79 Å². The predicted octanol–water partition coefficient (Wildman–Crippen LogP) is 2.43. The van der Waals surface area contributed by atoms with E-state index in [2.05, 4.69) is 5.32 Å². The van der Waals surface area contributed by atoms with Crippen molar-refractivity contribution in [1.29, 1.82) is 0 Å². The molecule has 3 aromatic rings. The number of benzene rings is 3. The van der Waals surface area contributed by atoms with Crippen LogP contribution in [0.2, 0.25) is 0 Å². The molecule has 2 unspecified atom stereocenters. The van der Waals surface area contributed by atoms with Crippen molar-refractivity contribution in [2.75, 3.05) is 5.75 Å². The van der Waals surface area contributed by atoms with Gasteiger partial charge in [-0.15, -0.1) is 0 Å². The Bertz CT molecular complexity index is 1340. The van der Waals surface area contributed by atoms with Crippen LogP contribution in [0.5, 0.6) is 0 Å². The molecule has 8 nitrogen and oxygen atoms in total. The average Bonchev–Trinajstić information content (AvgIpc) is 2.95. The molecule has 0 bridgehead atoms. The first-order chi connectivity index (χ1) is 18.5. The lowest BCUT2D eigenvalue weighted by molar-refractivity contribution is -0.155. The lowest BCUT2D eigenvalue weighted by Crippen LogP contribution is -2.75. The lowest BCUT2D eigenvalue weighted by Gasteiger charge is -2.48. The standard InChI is InChI=1S/C29H24N2O6S/c32-17-22-18-38(36)28-24(30-23(33)16-19-10-4-1-5-11-19)27(34)31(28)25(22)29(35)37-26(20-12-6-2-7-13-20)21-14-8-3-9-15-21/h1-15,17,24,26,28H,16,18H2,(H,30,33)/t24?,28-,38?/m1/s1. The smallest absolute Gasteiger partial charge is 0.356 e. The lowest BCUT2D eigenvalue weighted by atomic mass is 10.0. The number of hydrogen-bond donors (Lipinski definition) is 1. The summed E-state index contributed by atoms with van der Waals surface area (Å²) in [6, 6.07) is 26.1. The molecule has 1 fully saturated rings. The summed E-state index contributed by atoms with van der Waals surface area (Å²) in [5, 5.41) is 1.67. The van der Waals surface area contributed by atoms with Crippen LogP contribution < -0.4 is 5.32 Å². The van der Waals surface area contributed by atoms with Gasteiger partial charge in [-0.2, -0.15) is 0 Å². The number of amides is 2. The van der Waals surface area contributed by atoms with Crippen LogP contribution in [0.3, 0.4) is 0 Å². The summed E-state index contributed by atoms with van der Waals surface area (Å²) < 4.78 is 18.9. The Hall–Kier alpha value is -4.21. The Morgan fingerprint density at radius 1 is 0.974 bits per heavy atom. The van der Waals surface area contributed by atoms with E-state index in [9.17, 15) is 23.7 Å². The summed E-state index contributed by atoms with van der Waals surface area (Å²) in [5.41, 5.74) is 1.86. The van der Waals surface area contributed by atoms with Gasteiger partial charge in [0.15, 0.2) is 18.4 Å². The van der Waals surface area contributed by atoms with E-state index in [4.69, 9.17) is 4.74 Å². The average molecular weight is 529 g/mol. The Kier molecular flexibility index (Phi) is 7.39. The van der Waals surface area contributed by atoms with Crippen molar-refractivity contribution in [3.05, 3.63) is 119 Å². The normalized spacial score (nSPS) is 20.4. The van der Waals surface area contributed by atoms with Crippen molar-refractivity contribution in [1.82, 2.24) is 10.2 Å². The molecule has 9 heteroatoms. The van der Waals surface area contributed by atoms with Gasteiger partial charge >= 0.3 is 5.97 Å². The molecule has 0 radical (unpaired) electrons. The minimum absolute atomic E-state index is 0.0458. The number of nitrogens with one attached hydrogen (secondary N) is 1. The number of carbonyl (C=O) groups is 4. The fourth-order valence-corrected chi connectivity index (χ4v) is 6.25. The maximum absolute atomic E-state index is 13.5. The summed E-state index contributed by atoms with van der Waals surface area (Å²) in [7, 11) is 0. The van der Waals surface area contributed by atoms with Crippen molar-refractivity contribution in [2.24, 2.45) is 0 Å². The minimum atomic E-state index is -1.70. The molecule has 192 valence electrons. The van der Waals surface area contributed by atoms with E-state index in [1.165, 1.54) is 0 Å². The second-order valence-electron chi connectivity index (χ2n) is 8.93. The van der Waals surface area contributed by atoms with Crippen LogP contribution in [0, 0.1) is 0 Å². The molecule has 2 aliphatic rings. The first-order valence-electron chi connectivity index (χ1n) is 12.0. The third-order valence-electron chi connectivity index (χ3n) is 6.44. The summed E-state index contributed by atoms with van der Waals surface area (Å²) in [4.78, 5) is 52.2. The highest BCUT2D eigenvalue weighted by Gasteiger charge is 2.61. The van der Waals surface area contributed by atoms with Gasteiger partial charge in [0.05, 0.1) is 12.0 Å². The largest absolute Gasteiger partial charge is 0.614 e. The summed E-state index contributed by atoms with van der Waals surface area (Å²) in [6.07, 6.45) is -0.322. The number of fused-ring (bicyclic) bond motifs is 1. The van der Waals surface area contributed by atoms with Gasteiger partial charge in [0, 0.05) is 0 Å². The van der Waals surface area contributed by atoms with Crippen LogP contribution in [-0.2, 0) is 41.5 Å². The molecule has 2 amide bonds. The minimum Gasteiger partial charge on any atom is -0.614 e. The molecule has 1 saturated heterocycles.